The van der Waals surface area contributed by atoms with Crippen molar-refractivity contribution in [1.82, 2.24) is 4.98 Å². The first-order chi connectivity index (χ1) is 12.9. The van der Waals surface area contributed by atoms with Crippen LogP contribution in [-0.4, -0.2) is 4.98 Å². The molecule has 0 fully saturated rings. The number of rotatable bonds is 0. The summed E-state index contributed by atoms with van der Waals surface area (Å²) in [5, 5.41) is 6.29. The molecule has 3 aromatic carbocycles. The van der Waals surface area contributed by atoms with Crippen LogP contribution in [0.25, 0.3) is 22.3 Å². The number of pyridine rings is 1. The number of hydrogen-bond acceptors (Lipinski definition) is 2. The number of anilines is 2. The van der Waals surface area contributed by atoms with Crippen molar-refractivity contribution in [3.8, 4) is 22.3 Å². The van der Waals surface area contributed by atoms with Gasteiger partial charge in [-0.05, 0) is 39.9 Å². The van der Waals surface area contributed by atoms with Gasteiger partial charge < -0.3 is 5.32 Å². The van der Waals surface area contributed by atoms with Crippen molar-refractivity contribution in [3.05, 3.63) is 91.1 Å². The van der Waals surface area contributed by atoms with Gasteiger partial charge in [-0.25, -0.2) is 4.98 Å². The predicted octanol–water partition coefficient (Wildman–Crippen LogP) is 5.10. The molecule has 0 aliphatic carbocycles. The summed E-state index contributed by atoms with van der Waals surface area (Å²) in [6.07, 6.45) is 1.85. The molecule has 1 N–H and O–H groups in total. The highest BCUT2D eigenvalue weighted by atomic mass is 31.1. The number of aromatic nitrogens is 1. The number of hydrogen-bond donors (Lipinski definition) is 1. The molecule has 3 heteroatoms. The van der Waals surface area contributed by atoms with E-state index in [0.717, 1.165) is 17.1 Å². The molecule has 0 radical (unpaired) electrons. The van der Waals surface area contributed by atoms with Crippen molar-refractivity contribution in [1.29, 1.82) is 0 Å². The summed E-state index contributed by atoms with van der Waals surface area (Å²) in [4.78, 5) is 4.64. The van der Waals surface area contributed by atoms with Crippen molar-refractivity contribution in [2.24, 2.45) is 0 Å². The topological polar surface area (TPSA) is 24.9 Å². The van der Waals surface area contributed by atoms with Crippen molar-refractivity contribution >= 4 is 30.7 Å². The van der Waals surface area contributed by atoms with Gasteiger partial charge in [-0.3, -0.25) is 0 Å². The molecule has 2 nitrogen and oxygen atoms in total. The highest BCUT2D eigenvalue weighted by Crippen LogP contribution is 2.37. The van der Waals surface area contributed by atoms with E-state index in [1.165, 1.54) is 27.3 Å². The van der Waals surface area contributed by atoms with Crippen LogP contribution < -0.4 is 15.9 Å². The zero-order valence-electron chi connectivity index (χ0n) is 14.1. The van der Waals surface area contributed by atoms with E-state index in [2.05, 4.69) is 89.2 Å². The number of para-hydroxylation sites is 1. The lowest BCUT2D eigenvalue weighted by Gasteiger charge is -2.20. The molecule has 0 saturated heterocycles. The van der Waals surface area contributed by atoms with Crippen molar-refractivity contribution < 1.29 is 0 Å². The van der Waals surface area contributed by atoms with Crippen LogP contribution in [0.1, 0.15) is 0 Å². The lowest BCUT2D eigenvalue weighted by molar-refractivity contribution is 1.31. The molecule has 1 aliphatic heterocycles. The van der Waals surface area contributed by atoms with Gasteiger partial charge in [-0.15, -0.1) is 0 Å². The average Bonchev–Trinajstić information content (AvgIpc) is 2.70. The fourth-order valence-electron chi connectivity index (χ4n) is 3.48. The third-order valence-electron chi connectivity index (χ3n) is 4.69. The van der Waals surface area contributed by atoms with Gasteiger partial charge in [0.15, 0.2) is 0 Å². The van der Waals surface area contributed by atoms with Gasteiger partial charge in [0.05, 0.1) is 0 Å². The Bertz CT molecular complexity index is 928. The van der Waals surface area contributed by atoms with E-state index in [0.29, 0.717) is 8.58 Å². The minimum Gasteiger partial charge on any atom is -0.339 e. The van der Waals surface area contributed by atoms with E-state index in [9.17, 15) is 0 Å². The Balaban J connectivity index is 1.84. The summed E-state index contributed by atoms with van der Waals surface area (Å²) in [5.41, 5.74) is 5.97. The first-order valence-corrected chi connectivity index (χ1v) is 9.67. The molecule has 0 saturated carbocycles. The summed E-state index contributed by atoms with van der Waals surface area (Å²) in [5.74, 6) is 0.900. The number of fused-ring (bicyclic) bond motifs is 6. The molecule has 4 aromatic rings. The summed E-state index contributed by atoms with van der Waals surface area (Å²) >= 11 is 0. The molecule has 1 aromatic heterocycles. The predicted molar refractivity (Wildman–Crippen MR) is 112 cm³/mol. The van der Waals surface area contributed by atoms with Crippen LogP contribution in [0, 0.1) is 0 Å². The van der Waals surface area contributed by atoms with Gasteiger partial charge in [-0.2, -0.15) is 0 Å². The van der Waals surface area contributed by atoms with E-state index in [-0.39, 0.29) is 0 Å². The molecule has 0 bridgehead atoms. The minimum atomic E-state index is 0.593. The van der Waals surface area contributed by atoms with Crippen LogP contribution in [0.3, 0.4) is 0 Å². The second-order valence-electron chi connectivity index (χ2n) is 6.29. The molecular formula is C23H17N2P. The van der Waals surface area contributed by atoms with Crippen LogP contribution in [0.5, 0.6) is 0 Å². The fraction of sp³-hybridized carbons (Fsp3) is 0. The first-order valence-electron chi connectivity index (χ1n) is 8.67. The van der Waals surface area contributed by atoms with Crippen molar-refractivity contribution in [2.45, 2.75) is 0 Å². The maximum atomic E-state index is 4.64. The largest absolute Gasteiger partial charge is 0.339 e. The third kappa shape index (κ3) is 2.60. The summed E-state index contributed by atoms with van der Waals surface area (Å²) < 4.78 is 0. The zero-order chi connectivity index (χ0) is 17.3. The smallest absolute Gasteiger partial charge is 0.138 e. The Labute approximate surface area is 154 Å². The summed E-state index contributed by atoms with van der Waals surface area (Å²) in [7, 11) is 0.593. The quantitative estimate of drug-likeness (QED) is 0.392. The van der Waals surface area contributed by atoms with Gasteiger partial charge in [0.25, 0.3) is 0 Å². The van der Waals surface area contributed by atoms with E-state index in [4.69, 9.17) is 0 Å². The molecule has 1 atom stereocenters. The molecule has 1 unspecified atom stereocenters. The standard InChI is InChI=1S/C23H17N2P/c1-4-12-20-16(8-1)17-9-2-5-13-21(17)26-22-14-6-3-10-18(22)19-11-7-15-24-23(19)25-20/h1-15,26H,(H,24,25). The van der Waals surface area contributed by atoms with Crippen LogP contribution in [0.15, 0.2) is 91.1 Å². The van der Waals surface area contributed by atoms with Crippen LogP contribution >= 0.6 is 8.58 Å². The molecule has 124 valence electrons. The third-order valence-corrected chi connectivity index (χ3v) is 6.10. The van der Waals surface area contributed by atoms with Crippen molar-refractivity contribution in [3.63, 3.8) is 0 Å². The Morgan fingerprint density at radius 3 is 1.92 bits per heavy atom. The number of nitrogens with zero attached hydrogens (tertiary/aromatic N) is 1. The SMILES string of the molecule is c1ccc2c(c1)Nc1ncccc1-c1ccccc1Pc1ccccc1-2. The van der Waals surface area contributed by atoms with E-state index in [1.54, 1.807) is 0 Å². The van der Waals surface area contributed by atoms with Crippen LogP contribution in [-0.2, 0) is 0 Å². The fourth-order valence-corrected chi connectivity index (χ4v) is 4.83. The van der Waals surface area contributed by atoms with E-state index >= 15 is 0 Å². The molecule has 0 amide bonds. The van der Waals surface area contributed by atoms with Crippen molar-refractivity contribution in [2.75, 3.05) is 5.32 Å². The van der Waals surface area contributed by atoms with Gasteiger partial charge >= 0.3 is 0 Å². The molecule has 1 aliphatic rings. The minimum absolute atomic E-state index is 0.593. The first kappa shape index (κ1) is 15.3. The maximum Gasteiger partial charge on any atom is 0.138 e. The zero-order valence-corrected chi connectivity index (χ0v) is 15.1. The van der Waals surface area contributed by atoms with Crippen LogP contribution in [0.2, 0.25) is 0 Å². The van der Waals surface area contributed by atoms with E-state index < -0.39 is 0 Å². The Kier molecular flexibility index (Phi) is 3.77. The number of nitrogens with one attached hydrogen (secondary N) is 1. The lowest BCUT2D eigenvalue weighted by Crippen LogP contribution is -2.12. The molecular weight excluding hydrogens is 335 g/mol. The number of benzene rings is 3. The Morgan fingerprint density at radius 1 is 0.577 bits per heavy atom. The second-order valence-corrected chi connectivity index (χ2v) is 7.61. The summed E-state index contributed by atoms with van der Waals surface area (Å²) in [6, 6.07) is 30.0. The van der Waals surface area contributed by atoms with Crippen LogP contribution in [0.4, 0.5) is 11.5 Å². The summed E-state index contributed by atoms with van der Waals surface area (Å²) in [6.45, 7) is 0. The highest BCUT2D eigenvalue weighted by Gasteiger charge is 2.17. The molecule has 2 heterocycles. The maximum absolute atomic E-state index is 4.64. The Morgan fingerprint density at radius 2 is 1.15 bits per heavy atom. The molecule has 5 rings (SSSR count). The Hall–Kier alpha value is -2.96. The monoisotopic (exact) mass is 352 g/mol. The van der Waals surface area contributed by atoms with Gasteiger partial charge in [0, 0.05) is 23.0 Å². The second kappa shape index (κ2) is 6.40. The molecule has 26 heavy (non-hydrogen) atoms. The normalized spacial score (nSPS) is 12.9. The van der Waals surface area contributed by atoms with Gasteiger partial charge in [-0.1, -0.05) is 75.3 Å². The van der Waals surface area contributed by atoms with Gasteiger partial charge in [0.2, 0.25) is 0 Å². The van der Waals surface area contributed by atoms with Gasteiger partial charge in [0.1, 0.15) is 5.82 Å². The molecule has 0 spiro atoms. The van der Waals surface area contributed by atoms with E-state index in [1.807, 2.05) is 12.3 Å². The average molecular weight is 352 g/mol. The lowest BCUT2D eigenvalue weighted by atomic mass is 10.0. The highest BCUT2D eigenvalue weighted by molar-refractivity contribution is 7.56.